The number of nitrogens with zero attached hydrogens (tertiary/aromatic N) is 2. The molecule has 13 heavy (non-hydrogen) atoms. The molecular weight excluding hydrogens is 162 g/mol. The summed E-state index contributed by atoms with van der Waals surface area (Å²) in [6, 6.07) is 3.06. The molecule has 1 rings (SSSR count). The first kappa shape index (κ1) is 10.5. The molecule has 0 aromatic rings. The Labute approximate surface area is 80.7 Å². The van der Waals surface area contributed by atoms with E-state index in [0.29, 0.717) is 6.04 Å². The van der Waals surface area contributed by atoms with E-state index in [9.17, 15) is 0 Å². The van der Waals surface area contributed by atoms with Crippen molar-refractivity contribution in [1.82, 2.24) is 10.2 Å². The Bertz CT molecular complexity index is 179. The quantitative estimate of drug-likeness (QED) is 0.702. The highest BCUT2D eigenvalue weighted by Gasteiger charge is 2.25. The SMILES string of the molecule is CCC(C#N)N(CC)C1CCNC1. The summed E-state index contributed by atoms with van der Waals surface area (Å²) in [5.41, 5.74) is 0. The molecular formula is C10H19N3. The average Bonchev–Trinajstić information content (AvgIpc) is 2.66. The number of hydrogen-bond acceptors (Lipinski definition) is 3. The van der Waals surface area contributed by atoms with Gasteiger partial charge in [-0.15, -0.1) is 0 Å². The molecule has 0 aromatic heterocycles. The monoisotopic (exact) mass is 181 g/mol. The molecule has 1 fully saturated rings. The second-order valence-electron chi connectivity index (χ2n) is 3.53. The Morgan fingerprint density at radius 3 is 2.77 bits per heavy atom. The molecule has 0 radical (unpaired) electrons. The van der Waals surface area contributed by atoms with Crippen molar-refractivity contribution in [1.29, 1.82) is 5.26 Å². The topological polar surface area (TPSA) is 39.1 Å². The van der Waals surface area contributed by atoms with Crippen LogP contribution in [0.25, 0.3) is 0 Å². The predicted octanol–water partition coefficient (Wildman–Crippen LogP) is 0.972. The molecule has 0 spiro atoms. The maximum Gasteiger partial charge on any atom is 0.0977 e. The highest BCUT2D eigenvalue weighted by molar-refractivity contribution is 4.95. The molecule has 1 aliphatic rings. The van der Waals surface area contributed by atoms with Gasteiger partial charge in [0.2, 0.25) is 0 Å². The molecule has 1 aliphatic heterocycles. The van der Waals surface area contributed by atoms with Gasteiger partial charge in [-0.3, -0.25) is 4.90 Å². The molecule has 1 saturated heterocycles. The molecule has 0 aromatic carbocycles. The summed E-state index contributed by atoms with van der Waals surface area (Å²) >= 11 is 0. The van der Waals surface area contributed by atoms with Crippen molar-refractivity contribution < 1.29 is 0 Å². The van der Waals surface area contributed by atoms with Gasteiger partial charge in [0.15, 0.2) is 0 Å². The van der Waals surface area contributed by atoms with E-state index in [4.69, 9.17) is 5.26 Å². The Morgan fingerprint density at radius 2 is 2.38 bits per heavy atom. The van der Waals surface area contributed by atoms with E-state index in [2.05, 4.69) is 30.1 Å². The van der Waals surface area contributed by atoms with Gasteiger partial charge >= 0.3 is 0 Å². The molecule has 0 aliphatic carbocycles. The second kappa shape index (κ2) is 5.21. The maximum absolute atomic E-state index is 8.98. The van der Waals surface area contributed by atoms with Crippen LogP contribution in [0.4, 0.5) is 0 Å². The zero-order valence-corrected chi connectivity index (χ0v) is 8.58. The second-order valence-corrected chi connectivity index (χ2v) is 3.53. The van der Waals surface area contributed by atoms with E-state index in [1.54, 1.807) is 0 Å². The van der Waals surface area contributed by atoms with Crippen LogP contribution in [0.2, 0.25) is 0 Å². The van der Waals surface area contributed by atoms with E-state index >= 15 is 0 Å². The maximum atomic E-state index is 8.98. The molecule has 0 saturated carbocycles. The molecule has 1 heterocycles. The minimum Gasteiger partial charge on any atom is -0.315 e. The van der Waals surface area contributed by atoms with Gasteiger partial charge in [0.1, 0.15) is 0 Å². The fraction of sp³-hybridized carbons (Fsp3) is 0.900. The van der Waals surface area contributed by atoms with Gasteiger partial charge in [-0.2, -0.15) is 5.26 Å². The third-order valence-corrected chi connectivity index (χ3v) is 2.80. The number of nitrogens with one attached hydrogen (secondary N) is 1. The van der Waals surface area contributed by atoms with Crippen molar-refractivity contribution in [3.05, 3.63) is 0 Å². The van der Waals surface area contributed by atoms with E-state index < -0.39 is 0 Å². The van der Waals surface area contributed by atoms with Gasteiger partial charge in [0.05, 0.1) is 12.1 Å². The third-order valence-electron chi connectivity index (χ3n) is 2.80. The largest absolute Gasteiger partial charge is 0.315 e. The van der Waals surface area contributed by atoms with E-state index in [-0.39, 0.29) is 6.04 Å². The smallest absolute Gasteiger partial charge is 0.0977 e. The Balaban J connectivity index is 2.54. The summed E-state index contributed by atoms with van der Waals surface area (Å²) in [7, 11) is 0. The lowest BCUT2D eigenvalue weighted by molar-refractivity contribution is 0.180. The summed E-state index contributed by atoms with van der Waals surface area (Å²) < 4.78 is 0. The zero-order valence-electron chi connectivity index (χ0n) is 8.58. The van der Waals surface area contributed by atoms with Crippen LogP contribution in [-0.4, -0.2) is 36.6 Å². The molecule has 0 amide bonds. The third kappa shape index (κ3) is 2.43. The lowest BCUT2D eigenvalue weighted by Crippen LogP contribution is -2.43. The van der Waals surface area contributed by atoms with Gasteiger partial charge in [0.25, 0.3) is 0 Å². The van der Waals surface area contributed by atoms with E-state index in [1.807, 2.05) is 0 Å². The van der Waals surface area contributed by atoms with Crippen LogP contribution in [0.1, 0.15) is 26.7 Å². The highest BCUT2D eigenvalue weighted by atomic mass is 15.2. The molecule has 1 N–H and O–H groups in total. The van der Waals surface area contributed by atoms with Gasteiger partial charge in [0, 0.05) is 12.6 Å². The van der Waals surface area contributed by atoms with Crippen molar-refractivity contribution in [3.8, 4) is 6.07 Å². The van der Waals surface area contributed by atoms with Gasteiger partial charge in [-0.25, -0.2) is 0 Å². The van der Waals surface area contributed by atoms with Gasteiger partial charge < -0.3 is 5.32 Å². The number of likely N-dealkylation sites (N-methyl/N-ethyl adjacent to an activating group) is 1. The molecule has 0 bridgehead atoms. The van der Waals surface area contributed by atoms with E-state index in [0.717, 1.165) is 26.1 Å². The van der Waals surface area contributed by atoms with E-state index in [1.165, 1.54) is 6.42 Å². The normalized spacial score (nSPS) is 24.6. The number of hydrogen-bond donors (Lipinski definition) is 1. The van der Waals surface area contributed by atoms with Crippen molar-refractivity contribution in [2.45, 2.75) is 38.8 Å². The number of nitriles is 1. The summed E-state index contributed by atoms with van der Waals surface area (Å²) in [6.07, 6.45) is 2.12. The summed E-state index contributed by atoms with van der Waals surface area (Å²) in [5.74, 6) is 0. The lowest BCUT2D eigenvalue weighted by atomic mass is 10.1. The fourth-order valence-electron chi connectivity index (χ4n) is 2.06. The van der Waals surface area contributed by atoms with Crippen LogP contribution in [0.15, 0.2) is 0 Å². The van der Waals surface area contributed by atoms with Crippen molar-refractivity contribution in [2.75, 3.05) is 19.6 Å². The molecule has 3 nitrogen and oxygen atoms in total. The Hall–Kier alpha value is -0.590. The summed E-state index contributed by atoms with van der Waals surface area (Å²) in [4.78, 5) is 2.32. The lowest BCUT2D eigenvalue weighted by Gasteiger charge is -2.30. The van der Waals surface area contributed by atoms with Crippen molar-refractivity contribution >= 4 is 0 Å². The first-order valence-corrected chi connectivity index (χ1v) is 5.19. The van der Waals surface area contributed by atoms with Gasteiger partial charge in [-0.05, 0) is 25.9 Å². The van der Waals surface area contributed by atoms with Crippen LogP contribution in [0.3, 0.4) is 0 Å². The summed E-state index contributed by atoms with van der Waals surface area (Å²) in [5, 5.41) is 12.3. The van der Waals surface area contributed by atoms with Crippen LogP contribution in [-0.2, 0) is 0 Å². The van der Waals surface area contributed by atoms with Crippen LogP contribution >= 0.6 is 0 Å². The Kier molecular flexibility index (Phi) is 4.20. The Morgan fingerprint density at radius 1 is 1.62 bits per heavy atom. The van der Waals surface area contributed by atoms with Gasteiger partial charge in [-0.1, -0.05) is 13.8 Å². The standard InChI is InChI=1S/C10H19N3/c1-3-9(7-11)13(4-2)10-5-6-12-8-10/h9-10,12H,3-6,8H2,1-2H3. The molecule has 74 valence electrons. The average molecular weight is 181 g/mol. The van der Waals surface area contributed by atoms with Crippen LogP contribution in [0.5, 0.6) is 0 Å². The highest BCUT2D eigenvalue weighted by Crippen LogP contribution is 2.13. The zero-order chi connectivity index (χ0) is 9.68. The predicted molar refractivity (Wildman–Crippen MR) is 53.3 cm³/mol. The molecule has 3 heteroatoms. The van der Waals surface area contributed by atoms with Crippen molar-refractivity contribution in [3.63, 3.8) is 0 Å². The fourth-order valence-corrected chi connectivity index (χ4v) is 2.06. The van der Waals surface area contributed by atoms with Crippen molar-refractivity contribution in [2.24, 2.45) is 0 Å². The first-order chi connectivity index (χ1) is 6.33. The van der Waals surface area contributed by atoms with Crippen LogP contribution in [0, 0.1) is 11.3 Å². The molecule has 2 unspecified atom stereocenters. The number of rotatable bonds is 4. The molecule has 2 atom stereocenters. The first-order valence-electron chi connectivity index (χ1n) is 5.19. The minimum absolute atomic E-state index is 0.106. The summed E-state index contributed by atoms with van der Waals surface area (Å²) in [6.45, 7) is 7.35. The van der Waals surface area contributed by atoms with Crippen LogP contribution < -0.4 is 5.32 Å². The minimum atomic E-state index is 0.106.